The van der Waals surface area contributed by atoms with E-state index in [2.05, 4.69) is 26.2 Å². The Hall–Kier alpha value is -2.73. The van der Waals surface area contributed by atoms with Crippen LogP contribution in [0.25, 0.3) is 11.3 Å². The number of carbonyl (C=O) groups is 1. The molecule has 0 bridgehead atoms. The summed E-state index contributed by atoms with van der Waals surface area (Å²) in [5.74, 6) is -0.851. The van der Waals surface area contributed by atoms with Gasteiger partial charge < -0.3 is 10.3 Å². The topological polar surface area (TPSA) is 62.0 Å². The lowest BCUT2D eigenvalue weighted by molar-refractivity contribution is 0.102. The second-order valence-electron chi connectivity index (χ2n) is 5.08. The van der Waals surface area contributed by atoms with Gasteiger partial charge in [0.05, 0.1) is 0 Å². The van der Waals surface area contributed by atoms with Crippen molar-refractivity contribution in [2.75, 3.05) is 5.32 Å². The van der Waals surface area contributed by atoms with E-state index >= 15 is 0 Å². The van der Waals surface area contributed by atoms with Gasteiger partial charge in [-0.3, -0.25) is 9.59 Å². The van der Waals surface area contributed by atoms with Crippen LogP contribution in [0.4, 0.5) is 10.1 Å². The van der Waals surface area contributed by atoms with Gasteiger partial charge in [0.1, 0.15) is 11.4 Å². The molecule has 0 atom stereocenters. The molecule has 4 nitrogen and oxygen atoms in total. The summed E-state index contributed by atoms with van der Waals surface area (Å²) < 4.78 is 13.8. The molecule has 1 heterocycles. The molecule has 0 aliphatic rings. The van der Waals surface area contributed by atoms with E-state index in [4.69, 9.17) is 0 Å². The largest absolute Gasteiger partial charge is 0.322 e. The van der Waals surface area contributed by atoms with Gasteiger partial charge in [0.25, 0.3) is 11.5 Å². The third-order valence-corrected chi connectivity index (χ3v) is 3.94. The highest BCUT2D eigenvalue weighted by Crippen LogP contribution is 2.17. The van der Waals surface area contributed by atoms with Gasteiger partial charge in [0.15, 0.2) is 0 Å². The van der Waals surface area contributed by atoms with E-state index in [1.165, 1.54) is 18.2 Å². The second kappa shape index (κ2) is 6.80. The van der Waals surface area contributed by atoms with Crippen LogP contribution in [0, 0.1) is 5.82 Å². The molecule has 1 aromatic heterocycles. The van der Waals surface area contributed by atoms with E-state index in [1.807, 2.05) is 0 Å². The molecule has 3 aromatic rings. The van der Waals surface area contributed by atoms with Crippen LogP contribution in [0.1, 0.15) is 10.4 Å². The van der Waals surface area contributed by atoms with Gasteiger partial charge in [-0.2, -0.15) is 0 Å². The highest BCUT2D eigenvalue weighted by atomic mass is 79.9. The number of pyridine rings is 1. The molecule has 0 aliphatic heterocycles. The van der Waals surface area contributed by atoms with Crippen molar-refractivity contribution in [2.45, 2.75) is 0 Å². The summed E-state index contributed by atoms with van der Waals surface area (Å²) in [7, 11) is 0. The number of carbonyl (C=O) groups excluding carboxylic acids is 1. The highest BCUT2D eigenvalue weighted by Gasteiger charge is 2.12. The summed E-state index contributed by atoms with van der Waals surface area (Å²) >= 11 is 3.31. The van der Waals surface area contributed by atoms with Crippen molar-refractivity contribution in [3.05, 3.63) is 86.9 Å². The Kier molecular flexibility index (Phi) is 4.57. The Morgan fingerprint density at radius 3 is 2.25 bits per heavy atom. The summed E-state index contributed by atoms with van der Waals surface area (Å²) in [5, 5.41) is 2.66. The van der Waals surface area contributed by atoms with Gasteiger partial charge in [0, 0.05) is 15.9 Å². The lowest BCUT2D eigenvalue weighted by Crippen LogP contribution is -2.23. The Bertz CT molecular complexity index is 934. The Morgan fingerprint density at radius 2 is 1.62 bits per heavy atom. The molecular formula is C18H12BrFN2O2. The van der Waals surface area contributed by atoms with Crippen LogP contribution in [0.15, 0.2) is 69.9 Å². The standard InChI is InChI=1S/C18H12BrFN2O2/c19-12-3-7-14(8-4-12)21-17(23)15-9-10-16(22-18(15)24)11-1-5-13(20)6-2-11/h1-10H,(H,21,23)(H,22,24). The van der Waals surface area contributed by atoms with Crippen LogP contribution in [0.5, 0.6) is 0 Å². The van der Waals surface area contributed by atoms with Crippen LogP contribution in [-0.4, -0.2) is 10.9 Å². The summed E-state index contributed by atoms with van der Waals surface area (Å²) in [4.78, 5) is 27.0. The molecule has 1 amide bonds. The SMILES string of the molecule is O=C(Nc1ccc(Br)cc1)c1ccc(-c2ccc(F)cc2)[nH]c1=O. The van der Waals surface area contributed by atoms with Crippen LogP contribution in [0.2, 0.25) is 0 Å². The lowest BCUT2D eigenvalue weighted by Gasteiger charge is -2.06. The number of anilines is 1. The molecule has 0 saturated heterocycles. The maximum Gasteiger partial charge on any atom is 0.261 e. The first-order valence-electron chi connectivity index (χ1n) is 7.09. The molecule has 0 aliphatic carbocycles. The zero-order valence-electron chi connectivity index (χ0n) is 12.3. The normalized spacial score (nSPS) is 10.4. The first-order valence-corrected chi connectivity index (χ1v) is 7.88. The summed E-state index contributed by atoms with van der Waals surface area (Å²) in [6.45, 7) is 0. The first-order chi connectivity index (χ1) is 11.5. The molecule has 0 spiro atoms. The van der Waals surface area contributed by atoms with E-state index in [9.17, 15) is 14.0 Å². The van der Waals surface area contributed by atoms with Crippen molar-refractivity contribution < 1.29 is 9.18 Å². The predicted octanol–water partition coefficient (Wildman–Crippen LogP) is 4.20. The third-order valence-electron chi connectivity index (χ3n) is 3.41. The smallest absolute Gasteiger partial charge is 0.261 e. The van der Waals surface area contributed by atoms with Crippen LogP contribution < -0.4 is 10.9 Å². The number of halogens is 2. The average molecular weight is 387 g/mol. The quantitative estimate of drug-likeness (QED) is 0.708. The van der Waals surface area contributed by atoms with Crippen molar-refractivity contribution in [3.63, 3.8) is 0 Å². The minimum Gasteiger partial charge on any atom is -0.322 e. The number of benzene rings is 2. The monoisotopic (exact) mass is 386 g/mol. The fourth-order valence-corrected chi connectivity index (χ4v) is 2.45. The second-order valence-corrected chi connectivity index (χ2v) is 6.00. The van der Waals surface area contributed by atoms with Gasteiger partial charge in [-0.25, -0.2) is 4.39 Å². The first kappa shape index (κ1) is 16.1. The number of nitrogens with one attached hydrogen (secondary N) is 2. The van der Waals surface area contributed by atoms with E-state index in [0.717, 1.165) is 4.47 Å². The molecule has 0 fully saturated rings. The van der Waals surface area contributed by atoms with Gasteiger partial charge in [-0.05, 0) is 66.2 Å². The summed E-state index contributed by atoms with van der Waals surface area (Å²) in [6.07, 6.45) is 0. The molecule has 0 unspecified atom stereocenters. The van der Waals surface area contributed by atoms with Crippen LogP contribution >= 0.6 is 15.9 Å². The zero-order valence-corrected chi connectivity index (χ0v) is 13.9. The molecule has 6 heteroatoms. The zero-order chi connectivity index (χ0) is 17.1. The van der Waals surface area contributed by atoms with E-state index in [1.54, 1.807) is 42.5 Å². The Balaban J connectivity index is 1.84. The number of rotatable bonds is 3. The predicted molar refractivity (Wildman–Crippen MR) is 94.6 cm³/mol. The fourth-order valence-electron chi connectivity index (χ4n) is 2.18. The fraction of sp³-hybridized carbons (Fsp3) is 0. The molecule has 0 saturated carbocycles. The van der Waals surface area contributed by atoms with Gasteiger partial charge in [0.2, 0.25) is 0 Å². The molecule has 0 radical (unpaired) electrons. The minimum atomic E-state index is -0.508. The maximum atomic E-state index is 13.0. The minimum absolute atomic E-state index is 0.00350. The molecular weight excluding hydrogens is 375 g/mol. The number of H-pyrrole nitrogens is 1. The van der Waals surface area contributed by atoms with Gasteiger partial charge >= 0.3 is 0 Å². The summed E-state index contributed by atoms with van der Waals surface area (Å²) in [5.41, 5.74) is 1.26. The van der Waals surface area contributed by atoms with Crippen molar-refractivity contribution in [3.8, 4) is 11.3 Å². The van der Waals surface area contributed by atoms with Gasteiger partial charge in [-0.1, -0.05) is 15.9 Å². The number of hydrogen-bond donors (Lipinski definition) is 2. The number of hydrogen-bond acceptors (Lipinski definition) is 2. The van der Waals surface area contributed by atoms with Crippen molar-refractivity contribution in [2.24, 2.45) is 0 Å². The average Bonchev–Trinajstić information content (AvgIpc) is 2.57. The number of aromatic nitrogens is 1. The van der Waals surface area contributed by atoms with Gasteiger partial charge in [-0.15, -0.1) is 0 Å². The van der Waals surface area contributed by atoms with E-state index in [-0.39, 0.29) is 11.4 Å². The van der Waals surface area contributed by atoms with E-state index < -0.39 is 11.5 Å². The Labute approximate surface area is 145 Å². The number of amides is 1. The molecule has 120 valence electrons. The van der Waals surface area contributed by atoms with Crippen molar-refractivity contribution in [1.82, 2.24) is 4.98 Å². The molecule has 24 heavy (non-hydrogen) atoms. The lowest BCUT2D eigenvalue weighted by atomic mass is 10.1. The van der Waals surface area contributed by atoms with Crippen LogP contribution in [-0.2, 0) is 0 Å². The molecule has 2 N–H and O–H groups in total. The summed E-state index contributed by atoms with van der Waals surface area (Å²) in [6, 6.07) is 15.8. The number of aromatic amines is 1. The van der Waals surface area contributed by atoms with Crippen molar-refractivity contribution in [1.29, 1.82) is 0 Å². The van der Waals surface area contributed by atoms with Crippen LogP contribution in [0.3, 0.4) is 0 Å². The molecule has 2 aromatic carbocycles. The highest BCUT2D eigenvalue weighted by molar-refractivity contribution is 9.10. The van der Waals surface area contributed by atoms with Crippen molar-refractivity contribution >= 4 is 27.5 Å². The van der Waals surface area contributed by atoms with E-state index in [0.29, 0.717) is 16.9 Å². The Morgan fingerprint density at radius 1 is 0.958 bits per heavy atom. The third kappa shape index (κ3) is 3.60. The maximum absolute atomic E-state index is 13.0. The molecule has 3 rings (SSSR count).